The number of allylic oxidation sites excluding steroid dienone is 5. The third-order valence-corrected chi connectivity index (χ3v) is 2.84. The van der Waals surface area contributed by atoms with Gasteiger partial charge < -0.3 is 0 Å². The fourth-order valence-electron chi connectivity index (χ4n) is 1.42. The quantitative estimate of drug-likeness (QED) is 0.504. The monoisotopic (exact) mass is 218 g/mol. The first-order chi connectivity index (χ1) is 7.37. The Morgan fingerprint density at radius 1 is 1.19 bits per heavy atom. The molecule has 0 saturated heterocycles. The van der Waals surface area contributed by atoms with Gasteiger partial charge in [0.1, 0.15) is 0 Å². The largest absolute Gasteiger partial charge is 0.103 e. The predicted molar refractivity (Wildman–Crippen MR) is 74.3 cm³/mol. The van der Waals surface area contributed by atoms with Crippen LogP contribution in [0, 0.1) is 12.3 Å². The Morgan fingerprint density at radius 3 is 2.31 bits per heavy atom. The van der Waals surface area contributed by atoms with Gasteiger partial charge in [-0.15, -0.1) is 6.58 Å². The molecule has 0 amide bonds. The van der Waals surface area contributed by atoms with E-state index in [4.69, 9.17) is 6.92 Å². The van der Waals surface area contributed by atoms with Gasteiger partial charge in [0.2, 0.25) is 0 Å². The molecular formula is C16H26. The minimum Gasteiger partial charge on any atom is -0.103 e. The molecule has 90 valence electrons. The standard InChI is InChI=1S/C16H26/c1-7-16(5,6)13-9-12-15(4)11-8-10-14(2)3/h2,7,10,12H,1,8-9,11,13H2,3-6H3/b14-10-,15-12+. The van der Waals surface area contributed by atoms with Gasteiger partial charge in [-0.2, -0.15) is 0 Å². The molecule has 0 fully saturated rings. The third kappa shape index (κ3) is 8.52. The van der Waals surface area contributed by atoms with Gasteiger partial charge >= 0.3 is 0 Å². The van der Waals surface area contributed by atoms with Crippen molar-refractivity contribution < 1.29 is 0 Å². The zero-order valence-electron chi connectivity index (χ0n) is 11.3. The van der Waals surface area contributed by atoms with Gasteiger partial charge in [-0.25, -0.2) is 0 Å². The van der Waals surface area contributed by atoms with E-state index in [1.807, 2.05) is 13.0 Å². The van der Waals surface area contributed by atoms with Crippen molar-refractivity contribution in [3.63, 3.8) is 0 Å². The van der Waals surface area contributed by atoms with E-state index in [1.54, 1.807) is 0 Å². The Balaban J connectivity index is 3.88. The Morgan fingerprint density at radius 2 is 1.81 bits per heavy atom. The molecule has 0 N–H and O–H groups in total. The SMILES string of the molecule is [CH]/C(C)=C/CC/C(C)=C/CCC(C)(C)C=C. The smallest absolute Gasteiger partial charge is 0.00630 e. The van der Waals surface area contributed by atoms with E-state index in [0.717, 1.165) is 24.8 Å². The van der Waals surface area contributed by atoms with Crippen molar-refractivity contribution >= 4 is 0 Å². The zero-order valence-corrected chi connectivity index (χ0v) is 11.3. The lowest BCUT2D eigenvalue weighted by Gasteiger charge is -2.18. The number of rotatable bonds is 7. The second kappa shape index (κ2) is 7.49. The molecule has 0 unspecified atom stereocenters. The van der Waals surface area contributed by atoms with E-state index in [1.165, 1.54) is 12.0 Å². The molecule has 0 spiro atoms. The van der Waals surface area contributed by atoms with Gasteiger partial charge in [0.25, 0.3) is 0 Å². The molecule has 0 atom stereocenters. The van der Waals surface area contributed by atoms with Crippen molar-refractivity contribution in [1.29, 1.82) is 0 Å². The van der Waals surface area contributed by atoms with Crippen LogP contribution >= 0.6 is 0 Å². The molecule has 0 aromatic carbocycles. The van der Waals surface area contributed by atoms with Gasteiger partial charge in [-0.1, -0.05) is 43.2 Å². The molecule has 0 heterocycles. The summed E-state index contributed by atoms with van der Waals surface area (Å²) in [5, 5.41) is 0. The van der Waals surface area contributed by atoms with Gasteiger partial charge in [0.15, 0.2) is 0 Å². The van der Waals surface area contributed by atoms with E-state index < -0.39 is 0 Å². The summed E-state index contributed by atoms with van der Waals surface area (Å²) in [6.07, 6.45) is 10.9. The molecular weight excluding hydrogens is 192 g/mol. The van der Waals surface area contributed by atoms with Crippen LogP contribution in [0.3, 0.4) is 0 Å². The first-order valence-corrected chi connectivity index (χ1v) is 6.09. The van der Waals surface area contributed by atoms with E-state index in [2.05, 4.69) is 39.5 Å². The van der Waals surface area contributed by atoms with Crippen LogP contribution in [0.5, 0.6) is 0 Å². The highest BCUT2D eigenvalue weighted by Crippen LogP contribution is 2.24. The topological polar surface area (TPSA) is 0 Å². The lowest BCUT2D eigenvalue weighted by atomic mass is 9.88. The molecule has 0 rings (SSSR count). The van der Waals surface area contributed by atoms with E-state index in [9.17, 15) is 0 Å². The van der Waals surface area contributed by atoms with Crippen molar-refractivity contribution in [2.24, 2.45) is 5.41 Å². The highest BCUT2D eigenvalue weighted by Gasteiger charge is 2.10. The van der Waals surface area contributed by atoms with E-state index >= 15 is 0 Å². The van der Waals surface area contributed by atoms with Crippen molar-refractivity contribution in [1.82, 2.24) is 0 Å². The maximum absolute atomic E-state index is 5.58. The van der Waals surface area contributed by atoms with Crippen molar-refractivity contribution in [2.45, 2.75) is 53.4 Å². The average molecular weight is 218 g/mol. The van der Waals surface area contributed by atoms with Gasteiger partial charge in [0.05, 0.1) is 0 Å². The second-order valence-electron chi connectivity index (χ2n) is 5.27. The van der Waals surface area contributed by atoms with Crippen LogP contribution in [0.1, 0.15) is 53.4 Å². The number of hydrogen-bond donors (Lipinski definition) is 0. The first kappa shape index (κ1) is 15.2. The summed E-state index contributed by atoms with van der Waals surface area (Å²) in [4.78, 5) is 0. The minimum absolute atomic E-state index is 0.254. The molecule has 2 radical (unpaired) electrons. The highest BCUT2D eigenvalue weighted by atomic mass is 14.2. The van der Waals surface area contributed by atoms with Crippen LogP contribution in [0.4, 0.5) is 0 Å². The Bertz CT molecular complexity index is 260. The molecule has 0 aliphatic heterocycles. The fourth-order valence-corrected chi connectivity index (χ4v) is 1.42. The molecule has 0 aliphatic rings. The molecule has 0 heteroatoms. The van der Waals surface area contributed by atoms with Crippen molar-refractivity contribution in [3.05, 3.63) is 42.9 Å². The van der Waals surface area contributed by atoms with Crippen molar-refractivity contribution in [3.8, 4) is 0 Å². The Kier molecular flexibility index (Phi) is 7.12. The minimum atomic E-state index is 0.254. The summed E-state index contributed by atoms with van der Waals surface area (Å²) in [5.74, 6) is 0. The van der Waals surface area contributed by atoms with Crippen LogP contribution < -0.4 is 0 Å². The van der Waals surface area contributed by atoms with Gasteiger partial charge in [-0.3, -0.25) is 0 Å². The normalized spacial score (nSPS) is 14.1. The lowest BCUT2D eigenvalue weighted by molar-refractivity contribution is 0.443. The summed E-state index contributed by atoms with van der Waals surface area (Å²) < 4.78 is 0. The average Bonchev–Trinajstić information content (AvgIpc) is 2.17. The molecule has 0 aliphatic carbocycles. The maximum Gasteiger partial charge on any atom is -0.00630 e. The molecule has 0 nitrogen and oxygen atoms in total. The summed E-state index contributed by atoms with van der Waals surface area (Å²) in [6.45, 7) is 18.0. The molecule has 0 bridgehead atoms. The predicted octanol–water partition coefficient (Wildman–Crippen LogP) is 5.36. The molecule has 16 heavy (non-hydrogen) atoms. The van der Waals surface area contributed by atoms with Crippen LogP contribution in [-0.4, -0.2) is 0 Å². The highest BCUT2D eigenvalue weighted by molar-refractivity contribution is 5.05. The first-order valence-electron chi connectivity index (χ1n) is 6.09. The van der Waals surface area contributed by atoms with Crippen LogP contribution in [0.15, 0.2) is 36.0 Å². The van der Waals surface area contributed by atoms with Gasteiger partial charge in [-0.05, 0) is 51.9 Å². The second-order valence-corrected chi connectivity index (χ2v) is 5.27. The summed E-state index contributed by atoms with van der Waals surface area (Å²) in [5.41, 5.74) is 2.63. The fraction of sp³-hybridized carbons (Fsp3) is 0.562. The Hall–Kier alpha value is -0.780. The third-order valence-electron chi connectivity index (χ3n) is 2.84. The summed E-state index contributed by atoms with van der Waals surface area (Å²) in [7, 11) is 0. The molecule has 0 aromatic rings. The zero-order chi connectivity index (χ0) is 12.6. The summed E-state index contributed by atoms with van der Waals surface area (Å²) in [6, 6.07) is 0. The number of hydrogen-bond acceptors (Lipinski definition) is 0. The Labute approximate surface area is 102 Å². The molecule has 0 aromatic heterocycles. The summed E-state index contributed by atoms with van der Waals surface area (Å²) >= 11 is 0. The van der Waals surface area contributed by atoms with Crippen molar-refractivity contribution in [2.75, 3.05) is 0 Å². The van der Waals surface area contributed by atoms with Crippen LogP contribution in [-0.2, 0) is 0 Å². The van der Waals surface area contributed by atoms with Crippen LogP contribution in [0.2, 0.25) is 0 Å². The molecule has 0 saturated carbocycles. The van der Waals surface area contributed by atoms with E-state index in [0.29, 0.717) is 0 Å². The lowest BCUT2D eigenvalue weighted by Crippen LogP contribution is -2.05. The van der Waals surface area contributed by atoms with Gasteiger partial charge in [0, 0.05) is 0 Å². The van der Waals surface area contributed by atoms with Crippen LogP contribution in [0.25, 0.3) is 0 Å². The van der Waals surface area contributed by atoms with E-state index in [-0.39, 0.29) is 5.41 Å². The maximum atomic E-state index is 5.58.